The van der Waals surface area contributed by atoms with Gasteiger partial charge in [-0.15, -0.1) is 24.0 Å². The molecule has 3 aromatic rings. The van der Waals surface area contributed by atoms with Crippen molar-refractivity contribution >= 4 is 64.1 Å². The zero-order chi connectivity index (χ0) is 18.5. The zero-order valence-electron chi connectivity index (χ0n) is 14.8. The number of methoxy groups -OCH3 is 1. The Morgan fingerprint density at radius 2 is 2.19 bits per heavy atom. The predicted octanol–water partition coefficient (Wildman–Crippen LogP) is 2.48. The number of benzene rings is 1. The Hall–Kier alpha value is -2.34. The van der Waals surface area contributed by atoms with Crippen molar-refractivity contribution in [2.45, 2.75) is 0 Å². The van der Waals surface area contributed by atoms with Gasteiger partial charge in [0.2, 0.25) is 0 Å². The third-order valence-electron chi connectivity index (χ3n) is 3.64. The largest absolute Gasteiger partial charge is 0.495 e. The Labute approximate surface area is 178 Å². The van der Waals surface area contributed by atoms with Gasteiger partial charge in [0.15, 0.2) is 11.6 Å². The van der Waals surface area contributed by atoms with Gasteiger partial charge in [0.25, 0.3) is 0 Å². The number of aliphatic imine (C=N–C) groups is 1. The van der Waals surface area contributed by atoms with E-state index in [4.69, 9.17) is 22.1 Å². The Kier molecular flexibility index (Phi) is 7.42. The number of ether oxygens (including phenoxy) is 1. The van der Waals surface area contributed by atoms with Crippen molar-refractivity contribution < 1.29 is 4.74 Å². The van der Waals surface area contributed by atoms with Crippen LogP contribution >= 0.6 is 35.6 Å². The summed E-state index contributed by atoms with van der Waals surface area (Å²) < 4.78 is 6.81. The molecule has 0 saturated carbocycles. The highest BCUT2D eigenvalue weighted by Gasteiger charge is 2.07. The summed E-state index contributed by atoms with van der Waals surface area (Å²) in [7, 11) is 3.40. The number of hydrogen-bond acceptors (Lipinski definition) is 6. The van der Waals surface area contributed by atoms with Crippen LogP contribution in [0, 0.1) is 0 Å². The average Bonchev–Trinajstić information content (AvgIpc) is 3.01. The number of aromatic nitrogens is 4. The lowest BCUT2D eigenvalue weighted by Gasteiger charge is -2.09. The van der Waals surface area contributed by atoms with Gasteiger partial charge in [-0.1, -0.05) is 11.6 Å². The molecule has 0 aliphatic carbocycles. The van der Waals surface area contributed by atoms with Gasteiger partial charge in [0.05, 0.1) is 30.3 Å². The predicted molar refractivity (Wildman–Crippen MR) is 118 cm³/mol. The lowest BCUT2D eigenvalue weighted by atomic mass is 10.3. The van der Waals surface area contributed by atoms with Crippen LogP contribution in [0.1, 0.15) is 0 Å². The minimum atomic E-state index is 0. The molecule has 1 aromatic carbocycles. The molecular weight excluding hydrogens is 483 g/mol. The molecule has 0 unspecified atom stereocenters. The van der Waals surface area contributed by atoms with Gasteiger partial charge in [-0.25, -0.2) is 9.97 Å². The molecule has 0 spiro atoms. The lowest BCUT2D eigenvalue weighted by Crippen LogP contribution is -2.23. The number of aryl methyl sites for hydroxylation is 1. The number of halogens is 2. The monoisotopic (exact) mass is 502 g/mol. The van der Waals surface area contributed by atoms with Crippen molar-refractivity contribution in [2.75, 3.05) is 30.8 Å². The van der Waals surface area contributed by atoms with Crippen LogP contribution in [0.4, 0.5) is 11.5 Å². The number of nitrogens with zero attached hydrogens (tertiary/aromatic N) is 5. The normalized spacial score (nSPS) is 11.1. The minimum Gasteiger partial charge on any atom is -0.495 e. The summed E-state index contributed by atoms with van der Waals surface area (Å²) in [4.78, 5) is 12.7. The number of hydrogen-bond donors (Lipinski definition) is 3. The second-order valence-electron chi connectivity index (χ2n) is 5.40. The van der Waals surface area contributed by atoms with Gasteiger partial charge in [-0.2, -0.15) is 5.10 Å². The number of anilines is 2. The number of fused-ring (bicyclic) bond motifs is 1. The Balaban J connectivity index is 0.00000261. The van der Waals surface area contributed by atoms with Gasteiger partial charge >= 0.3 is 0 Å². The highest BCUT2D eigenvalue weighted by molar-refractivity contribution is 14.0. The molecule has 0 aliphatic rings. The first kappa shape index (κ1) is 21.0. The van der Waals surface area contributed by atoms with E-state index in [1.54, 1.807) is 30.1 Å². The second kappa shape index (κ2) is 9.55. The fraction of sp³-hybridized carbons (Fsp3) is 0.250. The molecule has 4 N–H and O–H groups in total. The van der Waals surface area contributed by atoms with Gasteiger partial charge < -0.3 is 21.1 Å². The van der Waals surface area contributed by atoms with Gasteiger partial charge in [-0.05, 0) is 18.2 Å². The molecule has 27 heavy (non-hydrogen) atoms. The molecule has 0 bridgehead atoms. The summed E-state index contributed by atoms with van der Waals surface area (Å²) in [6.45, 7) is 1.03. The first-order valence-corrected chi connectivity index (χ1v) is 8.23. The topological polar surface area (TPSA) is 115 Å². The van der Waals surface area contributed by atoms with Crippen LogP contribution < -0.4 is 21.1 Å². The first-order valence-electron chi connectivity index (χ1n) is 7.85. The first-order chi connectivity index (χ1) is 12.6. The van der Waals surface area contributed by atoms with E-state index >= 15 is 0 Å². The van der Waals surface area contributed by atoms with Crippen molar-refractivity contribution in [3.8, 4) is 5.75 Å². The molecule has 0 aliphatic heterocycles. The number of nitrogens with one attached hydrogen (secondary N) is 2. The van der Waals surface area contributed by atoms with E-state index in [-0.39, 0.29) is 24.0 Å². The third-order valence-corrected chi connectivity index (χ3v) is 3.94. The van der Waals surface area contributed by atoms with E-state index in [9.17, 15) is 0 Å². The van der Waals surface area contributed by atoms with E-state index in [0.29, 0.717) is 35.6 Å². The summed E-state index contributed by atoms with van der Waals surface area (Å²) in [5.74, 6) is 1.61. The van der Waals surface area contributed by atoms with Gasteiger partial charge in [0, 0.05) is 19.3 Å². The fourth-order valence-electron chi connectivity index (χ4n) is 2.39. The molecule has 3 rings (SSSR count). The van der Waals surface area contributed by atoms with Crippen LogP contribution in [-0.2, 0) is 7.05 Å². The highest BCUT2D eigenvalue weighted by atomic mass is 127. The second-order valence-corrected chi connectivity index (χ2v) is 5.80. The third kappa shape index (κ3) is 5.10. The van der Waals surface area contributed by atoms with Crippen LogP contribution in [0.5, 0.6) is 5.75 Å². The van der Waals surface area contributed by atoms with Crippen molar-refractivity contribution in [3.05, 3.63) is 35.7 Å². The summed E-state index contributed by atoms with van der Waals surface area (Å²) in [6, 6.07) is 5.29. The quantitative estimate of drug-likeness (QED) is 0.205. The average molecular weight is 503 g/mol. The Bertz CT molecular complexity index is 945. The number of nitrogens with two attached hydrogens (primary N) is 1. The summed E-state index contributed by atoms with van der Waals surface area (Å²) in [6.07, 6.45) is 3.23. The number of rotatable bonds is 6. The maximum Gasteiger partial charge on any atom is 0.193 e. The molecule has 0 amide bonds. The molecule has 11 heteroatoms. The van der Waals surface area contributed by atoms with Crippen molar-refractivity contribution in [1.82, 2.24) is 19.7 Å². The molecule has 144 valence electrons. The van der Waals surface area contributed by atoms with Crippen molar-refractivity contribution in [1.29, 1.82) is 0 Å². The maximum atomic E-state index is 6.08. The van der Waals surface area contributed by atoms with Crippen LogP contribution in [-0.4, -0.2) is 45.9 Å². The van der Waals surface area contributed by atoms with E-state index in [0.717, 1.165) is 16.7 Å². The van der Waals surface area contributed by atoms with Crippen LogP contribution in [0.15, 0.2) is 35.7 Å². The molecule has 0 radical (unpaired) electrons. The van der Waals surface area contributed by atoms with Crippen LogP contribution in [0.2, 0.25) is 5.02 Å². The van der Waals surface area contributed by atoms with E-state index in [1.807, 2.05) is 13.1 Å². The van der Waals surface area contributed by atoms with Crippen LogP contribution in [0.25, 0.3) is 11.0 Å². The smallest absolute Gasteiger partial charge is 0.193 e. The molecule has 0 atom stereocenters. The molecule has 2 aromatic heterocycles. The standard InChI is InChI=1S/C16H19ClN8O.HI/c1-25-15-11(8-23-25)14(21-9-22-15)19-5-6-20-16(18)24-10-3-4-13(26-2)12(17)7-10;/h3-4,7-9H,5-6H2,1-2H3,(H3,18,20,24)(H,19,21,22);1H. The van der Waals surface area contributed by atoms with E-state index < -0.39 is 0 Å². The SMILES string of the molecule is COc1ccc(NC(N)=NCCNc2ncnc3c2cnn3C)cc1Cl.I. The van der Waals surface area contributed by atoms with Gasteiger partial charge in [-0.3, -0.25) is 9.67 Å². The van der Waals surface area contributed by atoms with Crippen molar-refractivity contribution in [2.24, 2.45) is 17.8 Å². The van der Waals surface area contributed by atoms with Crippen LogP contribution in [0.3, 0.4) is 0 Å². The lowest BCUT2D eigenvalue weighted by molar-refractivity contribution is 0.415. The number of guanidine groups is 1. The zero-order valence-corrected chi connectivity index (χ0v) is 17.9. The van der Waals surface area contributed by atoms with Gasteiger partial charge in [0.1, 0.15) is 17.9 Å². The molecule has 9 nitrogen and oxygen atoms in total. The summed E-state index contributed by atoms with van der Waals surface area (Å²) in [5.41, 5.74) is 7.40. The van der Waals surface area contributed by atoms with E-state index in [2.05, 4.69) is 30.7 Å². The van der Waals surface area contributed by atoms with E-state index in [1.165, 1.54) is 6.33 Å². The molecule has 0 saturated heterocycles. The Morgan fingerprint density at radius 1 is 1.37 bits per heavy atom. The van der Waals surface area contributed by atoms with Crippen molar-refractivity contribution in [3.63, 3.8) is 0 Å². The molecule has 0 fully saturated rings. The highest BCUT2D eigenvalue weighted by Crippen LogP contribution is 2.27. The molecule has 2 heterocycles. The fourth-order valence-corrected chi connectivity index (χ4v) is 2.64. The summed E-state index contributed by atoms with van der Waals surface area (Å²) in [5, 5.41) is 11.7. The minimum absolute atomic E-state index is 0. The molecular formula is C16H20ClIN8O. The Morgan fingerprint density at radius 3 is 2.93 bits per heavy atom. The maximum absolute atomic E-state index is 6.08. The summed E-state index contributed by atoms with van der Waals surface area (Å²) >= 11 is 6.08.